The van der Waals surface area contributed by atoms with Crippen LogP contribution in [0.4, 0.5) is 10.8 Å². The molecule has 0 saturated heterocycles. The molecule has 2 heterocycles. The number of hydrogen-bond acceptors (Lipinski definition) is 6. The zero-order chi connectivity index (χ0) is 19.4. The van der Waals surface area contributed by atoms with Gasteiger partial charge >= 0.3 is 0 Å². The largest absolute Gasteiger partial charge is 0.337 e. The fourth-order valence-electron chi connectivity index (χ4n) is 2.97. The lowest BCUT2D eigenvalue weighted by atomic mass is 10.0. The van der Waals surface area contributed by atoms with Crippen LogP contribution in [-0.2, 0) is 17.8 Å². The number of nitrogens with one attached hydrogen (secondary N) is 2. The molecule has 0 saturated carbocycles. The van der Waals surface area contributed by atoms with E-state index in [-0.39, 0.29) is 11.5 Å². The molecular formula is C20H23N5OS. The van der Waals surface area contributed by atoms with Crippen molar-refractivity contribution < 1.29 is 4.79 Å². The third-order valence-electron chi connectivity index (χ3n) is 4.46. The minimum atomic E-state index is -0.431. The summed E-state index contributed by atoms with van der Waals surface area (Å²) >= 11 is 1.56. The number of aromatic nitrogens is 1. The van der Waals surface area contributed by atoms with Crippen molar-refractivity contribution in [2.45, 2.75) is 32.7 Å². The van der Waals surface area contributed by atoms with Crippen LogP contribution < -0.4 is 10.6 Å². The SMILES string of the molecule is CC(C)c1ccccc1NC(=O)/C(C#N)=C\Nc1nc2c(s1)CN(C)CC2. The van der Waals surface area contributed by atoms with Crippen LogP contribution in [0, 0.1) is 11.3 Å². The Hall–Kier alpha value is -2.69. The number of carbonyl (C=O) groups excluding carboxylic acids is 1. The fraction of sp³-hybridized carbons (Fsp3) is 0.350. The molecule has 7 heteroatoms. The monoisotopic (exact) mass is 381 g/mol. The van der Waals surface area contributed by atoms with E-state index in [1.54, 1.807) is 11.3 Å². The van der Waals surface area contributed by atoms with Gasteiger partial charge in [0.1, 0.15) is 11.6 Å². The first-order valence-corrected chi connectivity index (χ1v) is 9.73. The predicted molar refractivity (Wildman–Crippen MR) is 109 cm³/mol. The lowest BCUT2D eigenvalue weighted by Crippen LogP contribution is -2.25. The molecule has 1 amide bonds. The lowest BCUT2D eigenvalue weighted by molar-refractivity contribution is -0.112. The van der Waals surface area contributed by atoms with Gasteiger partial charge in [0, 0.05) is 36.3 Å². The summed E-state index contributed by atoms with van der Waals surface area (Å²) in [6.45, 7) is 6.01. The molecule has 2 N–H and O–H groups in total. The summed E-state index contributed by atoms with van der Waals surface area (Å²) in [5, 5.41) is 15.9. The van der Waals surface area contributed by atoms with E-state index in [9.17, 15) is 10.1 Å². The predicted octanol–water partition coefficient (Wildman–Crippen LogP) is 3.71. The molecule has 1 aromatic heterocycles. The molecule has 0 bridgehead atoms. The zero-order valence-electron chi connectivity index (χ0n) is 15.7. The van der Waals surface area contributed by atoms with Crippen LogP contribution in [0.2, 0.25) is 0 Å². The molecule has 1 aromatic carbocycles. The number of nitrogens with zero attached hydrogens (tertiary/aromatic N) is 3. The lowest BCUT2D eigenvalue weighted by Gasteiger charge is -2.20. The van der Waals surface area contributed by atoms with E-state index in [1.165, 1.54) is 11.1 Å². The molecule has 0 aliphatic carbocycles. The Balaban J connectivity index is 1.72. The molecule has 2 aromatic rings. The van der Waals surface area contributed by atoms with Crippen molar-refractivity contribution in [3.05, 3.63) is 52.2 Å². The van der Waals surface area contributed by atoms with Crippen molar-refractivity contribution in [2.75, 3.05) is 24.2 Å². The van der Waals surface area contributed by atoms with Gasteiger partial charge in [-0.2, -0.15) is 5.26 Å². The number of amides is 1. The number of hydrogen-bond donors (Lipinski definition) is 2. The molecule has 3 rings (SSSR count). The summed E-state index contributed by atoms with van der Waals surface area (Å²) in [6.07, 6.45) is 2.35. The first kappa shape index (κ1) is 19.1. The highest BCUT2D eigenvalue weighted by molar-refractivity contribution is 7.15. The normalized spacial score (nSPS) is 14.6. The first-order valence-electron chi connectivity index (χ1n) is 8.92. The molecule has 0 atom stereocenters. The van der Waals surface area contributed by atoms with Crippen molar-refractivity contribution in [1.82, 2.24) is 9.88 Å². The molecule has 0 radical (unpaired) electrons. The third kappa shape index (κ3) is 4.54. The molecule has 140 valence electrons. The Morgan fingerprint density at radius 2 is 2.19 bits per heavy atom. The van der Waals surface area contributed by atoms with E-state index in [2.05, 4.69) is 41.4 Å². The van der Waals surface area contributed by atoms with Crippen LogP contribution in [0.1, 0.15) is 35.9 Å². The minimum Gasteiger partial charge on any atom is -0.337 e. The van der Waals surface area contributed by atoms with Crippen molar-refractivity contribution in [2.24, 2.45) is 0 Å². The van der Waals surface area contributed by atoms with E-state index in [0.717, 1.165) is 36.5 Å². The number of nitriles is 1. The molecule has 6 nitrogen and oxygen atoms in total. The second-order valence-electron chi connectivity index (χ2n) is 6.89. The molecule has 0 unspecified atom stereocenters. The highest BCUT2D eigenvalue weighted by Gasteiger charge is 2.18. The summed E-state index contributed by atoms with van der Waals surface area (Å²) in [7, 11) is 2.09. The van der Waals surface area contributed by atoms with Crippen LogP contribution in [0.25, 0.3) is 0 Å². The van der Waals surface area contributed by atoms with E-state index in [4.69, 9.17) is 0 Å². The summed E-state index contributed by atoms with van der Waals surface area (Å²) in [4.78, 5) is 20.6. The van der Waals surface area contributed by atoms with Gasteiger partial charge < -0.3 is 15.5 Å². The van der Waals surface area contributed by atoms with Gasteiger partial charge in [-0.15, -0.1) is 11.3 Å². The van der Waals surface area contributed by atoms with E-state index >= 15 is 0 Å². The molecule has 0 fully saturated rings. The number of para-hydroxylation sites is 1. The molecule has 27 heavy (non-hydrogen) atoms. The van der Waals surface area contributed by atoms with Gasteiger partial charge in [0.2, 0.25) is 0 Å². The van der Waals surface area contributed by atoms with Gasteiger partial charge in [0.25, 0.3) is 5.91 Å². The molecule has 0 spiro atoms. The van der Waals surface area contributed by atoms with E-state index in [0.29, 0.717) is 5.13 Å². The maximum atomic E-state index is 12.5. The van der Waals surface area contributed by atoms with Crippen molar-refractivity contribution in [1.29, 1.82) is 5.26 Å². The number of anilines is 2. The van der Waals surface area contributed by atoms with Gasteiger partial charge in [-0.05, 0) is 24.6 Å². The summed E-state index contributed by atoms with van der Waals surface area (Å²) < 4.78 is 0. The van der Waals surface area contributed by atoms with E-state index < -0.39 is 5.91 Å². The second-order valence-corrected chi connectivity index (χ2v) is 7.97. The molecule has 1 aliphatic heterocycles. The van der Waals surface area contributed by atoms with Gasteiger partial charge in [-0.1, -0.05) is 32.0 Å². The zero-order valence-corrected chi connectivity index (χ0v) is 16.6. The highest BCUT2D eigenvalue weighted by Crippen LogP contribution is 2.28. The summed E-state index contributed by atoms with van der Waals surface area (Å²) in [6, 6.07) is 9.60. The van der Waals surface area contributed by atoms with Gasteiger partial charge in [-0.3, -0.25) is 4.79 Å². The Bertz CT molecular complexity index is 909. The Labute approximate surface area is 163 Å². The second kappa shape index (κ2) is 8.33. The maximum Gasteiger partial charge on any atom is 0.267 e. The van der Waals surface area contributed by atoms with Crippen LogP contribution in [0.5, 0.6) is 0 Å². The van der Waals surface area contributed by atoms with Crippen molar-refractivity contribution in [3.8, 4) is 6.07 Å². The average molecular weight is 382 g/mol. The van der Waals surface area contributed by atoms with Crippen LogP contribution >= 0.6 is 11.3 Å². The van der Waals surface area contributed by atoms with Gasteiger partial charge in [0.15, 0.2) is 5.13 Å². The summed E-state index contributed by atoms with van der Waals surface area (Å²) in [5.74, 6) is -0.159. The highest BCUT2D eigenvalue weighted by atomic mass is 32.1. The number of likely N-dealkylation sites (N-methyl/N-ethyl adjacent to an activating group) is 1. The number of thiazole rings is 1. The Morgan fingerprint density at radius 1 is 1.41 bits per heavy atom. The van der Waals surface area contributed by atoms with Crippen LogP contribution in [-0.4, -0.2) is 29.4 Å². The maximum absolute atomic E-state index is 12.5. The smallest absolute Gasteiger partial charge is 0.267 e. The van der Waals surface area contributed by atoms with Crippen LogP contribution in [0.15, 0.2) is 36.0 Å². The molecule has 1 aliphatic rings. The number of rotatable bonds is 5. The quantitative estimate of drug-likeness (QED) is 0.609. The Kier molecular flexibility index (Phi) is 5.89. The number of carbonyl (C=O) groups is 1. The minimum absolute atomic E-state index is 0.0128. The molecular weight excluding hydrogens is 358 g/mol. The van der Waals surface area contributed by atoms with E-state index in [1.807, 2.05) is 30.3 Å². The van der Waals surface area contributed by atoms with Crippen molar-refractivity contribution >= 4 is 28.1 Å². The fourth-order valence-corrected chi connectivity index (χ4v) is 4.03. The standard InChI is InChI=1S/C20H23N5OS/c1-13(2)15-6-4-5-7-16(15)23-19(26)14(10-21)11-22-20-24-17-8-9-25(3)12-18(17)27-20/h4-7,11,13H,8-9,12H2,1-3H3,(H,22,24)(H,23,26)/b14-11-. The van der Waals surface area contributed by atoms with Gasteiger partial charge in [-0.25, -0.2) is 4.98 Å². The van der Waals surface area contributed by atoms with Gasteiger partial charge in [0.05, 0.1) is 5.69 Å². The Morgan fingerprint density at radius 3 is 2.93 bits per heavy atom. The third-order valence-corrected chi connectivity index (χ3v) is 5.47. The summed E-state index contributed by atoms with van der Waals surface area (Å²) in [5.41, 5.74) is 2.88. The van der Waals surface area contributed by atoms with Crippen LogP contribution in [0.3, 0.4) is 0 Å². The first-order chi connectivity index (χ1) is 13.0. The average Bonchev–Trinajstić information content (AvgIpc) is 3.04. The number of benzene rings is 1. The van der Waals surface area contributed by atoms with Crippen molar-refractivity contribution in [3.63, 3.8) is 0 Å². The topological polar surface area (TPSA) is 81.0 Å². The number of fused-ring (bicyclic) bond motifs is 1.